The van der Waals surface area contributed by atoms with Gasteiger partial charge in [0.15, 0.2) is 0 Å². The number of hydrogen-bond donors (Lipinski definition) is 3. The van der Waals surface area contributed by atoms with Crippen LogP contribution in [0.4, 0.5) is 5.69 Å². The van der Waals surface area contributed by atoms with Gasteiger partial charge in [0.05, 0.1) is 0 Å². The summed E-state index contributed by atoms with van der Waals surface area (Å²) in [5.74, 6) is 0. The van der Waals surface area contributed by atoms with E-state index < -0.39 is 0 Å². The van der Waals surface area contributed by atoms with Crippen molar-refractivity contribution >= 4 is 16.5 Å². The van der Waals surface area contributed by atoms with Crippen LogP contribution in [-0.2, 0) is 0 Å². The van der Waals surface area contributed by atoms with Gasteiger partial charge in [0, 0.05) is 47.5 Å². The quantitative estimate of drug-likeness (QED) is 0.717. The molecule has 0 aliphatic heterocycles. The Bertz CT molecular complexity index is 630. The van der Waals surface area contributed by atoms with Crippen molar-refractivity contribution in [1.82, 2.24) is 10.3 Å². The smallest absolute Gasteiger partial charge is 0.0443 e. The molecule has 1 saturated carbocycles. The lowest BCUT2D eigenvalue weighted by Crippen LogP contribution is -2.37. The first-order valence-corrected chi connectivity index (χ1v) is 8.72. The lowest BCUT2D eigenvalue weighted by molar-refractivity contribution is 0.276. The van der Waals surface area contributed by atoms with Gasteiger partial charge in [-0.1, -0.05) is 12.1 Å². The van der Waals surface area contributed by atoms with E-state index in [-0.39, 0.29) is 6.61 Å². The van der Waals surface area contributed by atoms with Crippen molar-refractivity contribution < 1.29 is 5.11 Å². The van der Waals surface area contributed by atoms with Crippen molar-refractivity contribution in [2.24, 2.45) is 0 Å². The van der Waals surface area contributed by atoms with Gasteiger partial charge >= 0.3 is 0 Å². The van der Waals surface area contributed by atoms with Crippen LogP contribution in [0.5, 0.6) is 0 Å². The zero-order valence-corrected chi connectivity index (χ0v) is 13.9. The molecule has 0 unspecified atom stereocenters. The topological polar surface area (TPSA) is 57.2 Å². The maximum atomic E-state index is 8.86. The van der Waals surface area contributed by atoms with Gasteiger partial charge in [-0.15, -0.1) is 0 Å². The first kappa shape index (κ1) is 16.2. The highest BCUT2D eigenvalue weighted by molar-refractivity contribution is 5.95. The Morgan fingerprint density at radius 1 is 1.13 bits per heavy atom. The van der Waals surface area contributed by atoms with E-state index in [0.29, 0.717) is 12.1 Å². The van der Waals surface area contributed by atoms with Crippen molar-refractivity contribution in [3.05, 3.63) is 36.2 Å². The highest BCUT2D eigenvalue weighted by Gasteiger charge is 2.21. The van der Waals surface area contributed by atoms with Crippen LogP contribution < -0.4 is 10.6 Å². The number of pyridine rings is 1. The summed E-state index contributed by atoms with van der Waals surface area (Å²) < 4.78 is 0. The minimum absolute atomic E-state index is 0.277. The Hall–Kier alpha value is -1.65. The normalized spacial score (nSPS) is 21.5. The SMILES string of the molecule is Cc1cncc2cccc(NC3CCC(NCCCO)CC3)c12. The van der Waals surface area contributed by atoms with E-state index >= 15 is 0 Å². The third kappa shape index (κ3) is 4.01. The molecule has 0 bridgehead atoms. The second-order valence-electron chi connectivity index (χ2n) is 6.58. The number of aliphatic hydroxyl groups excluding tert-OH is 1. The first-order valence-electron chi connectivity index (χ1n) is 8.72. The van der Waals surface area contributed by atoms with E-state index in [9.17, 15) is 0 Å². The number of nitrogens with zero attached hydrogens (tertiary/aromatic N) is 1. The second kappa shape index (κ2) is 7.75. The van der Waals surface area contributed by atoms with Crippen molar-refractivity contribution in [2.75, 3.05) is 18.5 Å². The Kier molecular flexibility index (Phi) is 5.47. The molecule has 23 heavy (non-hydrogen) atoms. The molecule has 1 fully saturated rings. The Morgan fingerprint density at radius 3 is 2.70 bits per heavy atom. The van der Waals surface area contributed by atoms with Crippen LogP contribution in [0.15, 0.2) is 30.6 Å². The Morgan fingerprint density at radius 2 is 1.91 bits per heavy atom. The maximum absolute atomic E-state index is 8.86. The highest BCUT2D eigenvalue weighted by Crippen LogP contribution is 2.29. The Labute approximate surface area is 138 Å². The molecule has 2 aromatic rings. The minimum atomic E-state index is 0.277. The van der Waals surface area contributed by atoms with Gasteiger partial charge in [-0.25, -0.2) is 0 Å². The van der Waals surface area contributed by atoms with E-state index in [1.165, 1.54) is 47.7 Å². The van der Waals surface area contributed by atoms with Gasteiger partial charge in [0.1, 0.15) is 0 Å². The molecule has 1 aromatic heterocycles. The molecule has 1 aliphatic carbocycles. The summed E-state index contributed by atoms with van der Waals surface area (Å²) in [6.07, 6.45) is 9.52. The van der Waals surface area contributed by atoms with Crippen LogP contribution in [0, 0.1) is 6.92 Å². The molecule has 4 nitrogen and oxygen atoms in total. The zero-order chi connectivity index (χ0) is 16.1. The van der Waals surface area contributed by atoms with Crippen LogP contribution in [0.25, 0.3) is 10.8 Å². The monoisotopic (exact) mass is 313 g/mol. The number of rotatable bonds is 6. The molecule has 0 amide bonds. The number of nitrogens with one attached hydrogen (secondary N) is 2. The molecule has 0 radical (unpaired) electrons. The number of benzene rings is 1. The molecular formula is C19H27N3O. The average Bonchev–Trinajstić information content (AvgIpc) is 2.57. The van der Waals surface area contributed by atoms with E-state index in [1.54, 1.807) is 0 Å². The third-order valence-corrected chi connectivity index (χ3v) is 4.83. The van der Waals surface area contributed by atoms with Crippen molar-refractivity contribution in [2.45, 2.75) is 51.1 Å². The molecule has 0 atom stereocenters. The number of aryl methyl sites for hydroxylation is 1. The standard InChI is InChI=1S/C19H27N3O/c1-14-12-20-13-15-4-2-5-18(19(14)15)22-17-8-6-16(7-9-17)21-10-3-11-23/h2,4-5,12-13,16-17,21-23H,3,6-11H2,1H3. The summed E-state index contributed by atoms with van der Waals surface area (Å²) in [6, 6.07) is 7.57. The number of aromatic nitrogens is 1. The van der Waals surface area contributed by atoms with E-state index in [1.807, 2.05) is 12.4 Å². The molecule has 1 aliphatic rings. The van der Waals surface area contributed by atoms with Crippen LogP contribution in [0.3, 0.4) is 0 Å². The van der Waals surface area contributed by atoms with Crippen molar-refractivity contribution in [1.29, 1.82) is 0 Å². The lowest BCUT2D eigenvalue weighted by Gasteiger charge is -2.31. The molecule has 3 N–H and O–H groups in total. The van der Waals surface area contributed by atoms with Gasteiger partial charge in [-0.05, 0) is 57.2 Å². The molecule has 1 heterocycles. The molecular weight excluding hydrogens is 286 g/mol. The van der Waals surface area contributed by atoms with Crippen LogP contribution in [0.2, 0.25) is 0 Å². The number of hydrogen-bond acceptors (Lipinski definition) is 4. The van der Waals surface area contributed by atoms with Crippen LogP contribution in [0.1, 0.15) is 37.7 Å². The summed E-state index contributed by atoms with van der Waals surface area (Å²) in [5, 5.41) is 18.7. The predicted octanol–water partition coefficient (Wildman–Crippen LogP) is 3.24. The molecule has 3 rings (SSSR count). The zero-order valence-electron chi connectivity index (χ0n) is 13.9. The molecule has 1 aromatic carbocycles. The number of aliphatic hydroxyl groups is 1. The van der Waals surface area contributed by atoms with Gasteiger partial charge in [0.25, 0.3) is 0 Å². The summed E-state index contributed by atoms with van der Waals surface area (Å²) in [5.41, 5.74) is 2.46. The summed E-state index contributed by atoms with van der Waals surface area (Å²) in [6.45, 7) is 3.33. The molecule has 124 valence electrons. The highest BCUT2D eigenvalue weighted by atomic mass is 16.3. The van der Waals surface area contributed by atoms with Crippen molar-refractivity contribution in [3.63, 3.8) is 0 Å². The average molecular weight is 313 g/mol. The minimum Gasteiger partial charge on any atom is -0.396 e. The molecule has 4 heteroatoms. The maximum Gasteiger partial charge on any atom is 0.0443 e. The number of anilines is 1. The Balaban J connectivity index is 1.61. The first-order chi connectivity index (χ1) is 11.3. The predicted molar refractivity (Wildman–Crippen MR) is 95.9 cm³/mol. The summed E-state index contributed by atoms with van der Waals surface area (Å²) >= 11 is 0. The third-order valence-electron chi connectivity index (χ3n) is 4.83. The fourth-order valence-electron chi connectivity index (χ4n) is 3.58. The van der Waals surface area contributed by atoms with E-state index in [0.717, 1.165) is 13.0 Å². The van der Waals surface area contributed by atoms with E-state index in [2.05, 4.69) is 40.7 Å². The molecule has 0 saturated heterocycles. The van der Waals surface area contributed by atoms with Gasteiger partial charge < -0.3 is 15.7 Å². The van der Waals surface area contributed by atoms with Gasteiger partial charge in [-0.3, -0.25) is 4.98 Å². The number of fused-ring (bicyclic) bond motifs is 1. The van der Waals surface area contributed by atoms with Crippen LogP contribution >= 0.6 is 0 Å². The fourth-order valence-corrected chi connectivity index (χ4v) is 3.58. The summed E-state index contributed by atoms with van der Waals surface area (Å²) in [4.78, 5) is 4.29. The second-order valence-corrected chi connectivity index (χ2v) is 6.58. The fraction of sp³-hybridized carbons (Fsp3) is 0.526. The molecule has 0 spiro atoms. The summed E-state index contributed by atoms with van der Waals surface area (Å²) in [7, 11) is 0. The van der Waals surface area contributed by atoms with E-state index in [4.69, 9.17) is 5.11 Å². The largest absolute Gasteiger partial charge is 0.396 e. The van der Waals surface area contributed by atoms with Crippen molar-refractivity contribution in [3.8, 4) is 0 Å². The van der Waals surface area contributed by atoms with Gasteiger partial charge in [0.2, 0.25) is 0 Å². The lowest BCUT2D eigenvalue weighted by atomic mass is 9.90. The van der Waals surface area contributed by atoms with Gasteiger partial charge in [-0.2, -0.15) is 0 Å². The van der Waals surface area contributed by atoms with Crippen LogP contribution in [-0.4, -0.2) is 35.3 Å².